The molecule has 6 nitrogen and oxygen atoms in total. The van der Waals surface area contributed by atoms with Gasteiger partial charge >= 0.3 is 17.9 Å². The predicted molar refractivity (Wildman–Crippen MR) is 288 cm³/mol. The number of rotatable bonds is 52. The van der Waals surface area contributed by atoms with Crippen molar-refractivity contribution in [2.45, 2.75) is 297 Å². The fourth-order valence-electron chi connectivity index (χ4n) is 8.13. The lowest BCUT2D eigenvalue weighted by atomic mass is 10.1. The Kier molecular flexibility index (Phi) is 53.3. The fraction of sp³-hybridized carbons (Fsp3) is 0.787. The molecule has 388 valence electrons. The number of esters is 3. The molecule has 0 N–H and O–H groups in total. The van der Waals surface area contributed by atoms with Crippen LogP contribution in [0.1, 0.15) is 290 Å². The summed E-state index contributed by atoms with van der Waals surface area (Å²) in [5.41, 5.74) is 0. The van der Waals surface area contributed by atoms with Gasteiger partial charge in [0, 0.05) is 19.3 Å². The van der Waals surface area contributed by atoms with Crippen molar-refractivity contribution in [3.63, 3.8) is 0 Å². The van der Waals surface area contributed by atoms with Gasteiger partial charge in [0.1, 0.15) is 13.2 Å². The van der Waals surface area contributed by atoms with Crippen LogP contribution in [-0.2, 0) is 28.6 Å². The second kappa shape index (κ2) is 55.7. The lowest BCUT2D eigenvalue weighted by molar-refractivity contribution is -0.167. The van der Waals surface area contributed by atoms with Gasteiger partial charge in [0.05, 0.1) is 0 Å². The predicted octanol–water partition coefficient (Wildman–Crippen LogP) is 19.2. The number of allylic oxidation sites excluding steroid dienone is 10. The zero-order valence-corrected chi connectivity index (χ0v) is 44.4. The van der Waals surface area contributed by atoms with E-state index < -0.39 is 6.10 Å². The lowest BCUT2D eigenvalue weighted by Crippen LogP contribution is -2.30. The van der Waals surface area contributed by atoms with Gasteiger partial charge in [0.2, 0.25) is 0 Å². The molecule has 0 bridgehead atoms. The van der Waals surface area contributed by atoms with Crippen molar-refractivity contribution in [3.05, 3.63) is 60.8 Å². The van der Waals surface area contributed by atoms with Gasteiger partial charge in [-0.1, -0.05) is 242 Å². The third-order valence-electron chi connectivity index (χ3n) is 12.5. The third kappa shape index (κ3) is 53.9. The standard InChI is InChI=1S/C61H108O6/c1-4-7-10-13-16-19-21-23-25-27-29-30-31-32-33-35-36-38-40-42-45-48-51-54-60(63)66-57-58(56-65-59(62)53-50-47-44-18-15-12-9-6-3)67-61(64)55-52-49-46-43-41-39-37-34-28-26-24-22-20-17-14-11-8-5-2/h20-23,26-29,31-32,58H,4-19,24-25,30,33-57H2,1-3H3/b22-20-,23-21-,28-26-,29-27-,32-31-. The minimum atomic E-state index is -0.779. The van der Waals surface area contributed by atoms with Crippen LogP contribution in [0, 0.1) is 0 Å². The van der Waals surface area contributed by atoms with Crippen LogP contribution in [-0.4, -0.2) is 37.2 Å². The van der Waals surface area contributed by atoms with E-state index in [0.717, 1.165) is 89.9 Å². The van der Waals surface area contributed by atoms with E-state index in [9.17, 15) is 14.4 Å². The number of hydrogen-bond acceptors (Lipinski definition) is 6. The van der Waals surface area contributed by atoms with E-state index in [-0.39, 0.29) is 31.1 Å². The van der Waals surface area contributed by atoms with Crippen LogP contribution in [0.5, 0.6) is 0 Å². The molecule has 0 saturated heterocycles. The summed E-state index contributed by atoms with van der Waals surface area (Å²) in [5.74, 6) is -0.889. The van der Waals surface area contributed by atoms with E-state index >= 15 is 0 Å². The quantitative estimate of drug-likeness (QED) is 0.0262. The molecule has 0 aliphatic rings. The molecule has 1 atom stereocenters. The van der Waals surface area contributed by atoms with E-state index in [1.807, 2.05) is 0 Å². The highest BCUT2D eigenvalue weighted by atomic mass is 16.6. The third-order valence-corrected chi connectivity index (χ3v) is 12.5. The lowest BCUT2D eigenvalue weighted by Gasteiger charge is -2.18. The Morgan fingerprint density at radius 2 is 0.537 bits per heavy atom. The molecule has 0 fully saturated rings. The number of carbonyl (C=O) groups is 3. The smallest absolute Gasteiger partial charge is 0.306 e. The van der Waals surface area contributed by atoms with Crippen LogP contribution < -0.4 is 0 Å². The van der Waals surface area contributed by atoms with Gasteiger partial charge < -0.3 is 14.2 Å². The number of carbonyl (C=O) groups excluding carboxylic acids is 3. The first-order valence-electron chi connectivity index (χ1n) is 28.8. The molecular formula is C61H108O6. The minimum Gasteiger partial charge on any atom is -0.462 e. The normalized spacial score (nSPS) is 12.5. The van der Waals surface area contributed by atoms with Crippen molar-refractivity contribution in [1.82, 2.24) is 0 Å². The summed E-state index contributed by atoms with van der Waals surface area (Å²) in [6, 6.07) is 0. The Hall–Kier alpha value is -2.89. The molecule has 0 aliphatic heterocycles. The van der Waals surface area contributed by atoms with Crippen molar-refractivity contribution in [2.24, 2.45) is 0 Å². The van der Waals surface area contributed by atoms with Crippen molar-refractivity contribution in [2.75, 3.05) is 13.2 Å². The van der Waals surface area contributed by atoms with Crippen molar-refractivity contribution < 1.29 is 28.6 Å². The van der Waals surface area contributed by atoms with E-state index in [1.165, 1.54) is 161 Å². The summed E-state index contributed by atoms with van der Waals surface area (Å²) in [6.45, 7) is 6.59. The fourth-order valence-corrected chi connectivity index (χ4v) is 8.13. The largest absolute Gasteiger partial charge is 0.462 e. The molecular weight excluding hydrogens is 829 g/mol. The average molecular weight is 938 g/mol. The highest BCUT2D eigenvalue weighted by Crippen LogP contribution is 2.15. The Labute approximate surface area is 415 Å². The molecule has 0 heterocycles. The molecule has 0 saturated carbocycles. The Balaban J connectivity index is 4.25. The van der Waals surface area contributed by atoms with Crippen LogP contribution in [0.2, 0.25) is 0 Å². The Morgan fingerprint density at radius 3 is 0.851 bits per heavy atom. The van der Waals surface area contributed by atoms with Crippen LogP contribution in [0.3, 0.4) is 0 Å². The maximum Gasteiger partial charge on any atom is 0.306 e. The van der Waals surface area contributed by atoms with E-state index in [1.54, 1.807) is 0 Å². The Bertz CT molecular complexity index is 1210. The maximum absolute atomic E-state index is 12.8. The molecule has 6 heteroatoms. The van der Waals surface area contributed by atoms with Gasteiger partial charge in [-0.05, 0) is 89.9 Å². The van der Waals surface area contributed by atoms with Gasteiger partial charge in [0.15, 0.2) is 6.10 Å². The van der Waals surface area contributed by atoms with Crippen LogP contribution in [0.4, 0.5) is 0 Å². The molecule has 0 radical (unpaired) electrons. The molecule has 0 aromatic rings. The van der Waals surface area contributed by atoms with Crippen LogP contribution in [0.25, 0.3) is 0 Å². The van der Waals surface area contributed by atoms with Gasteiger partial charge in [-0.15, -0.1) is 0 Å². The molecule has 0 aliphatic carbocycles. The second-order valence-electron chi connectivity index (χ2n) is 19.2. The number of hydrogen-bond donors (Lipinski definition) is 0. The molecule has 0 amide bonds. The topological polar surface area (TPSA) is 78.9 Å². The van der Waals surface area contributed by atoms with Crippen LogP contribution >= 0.6 is 0 Å². The molecule has 0 aromatic carbocycles. The maximum atomic E-state index is 12.8. The van der Waals surface area contributed by atoms with Crippen molar-refractivity contribution in [1.29, 1.82) is 0 Å². The minimum absolute atomic E-state index is 0.0784. The summed E-state index contributed by atoms with van der Waals surface area (Å²) in [6.07, 6.45) is 69.3. The molecule has 0 rings (SSSR count). The SMILES string of the molecule is CCCCCC/C=C\C/C=C\CCCCCCCCCC(=O)OC(COC(=O)CCCCCCCCCC)COC(=O)CCCCCCCCCC/C=C\C/C=C\C/C=C\CCCCCCC. The van der Waals surface area contributed by atoms with Gasteiger partial charge in [-0.3, -0.25) is 14.4 Å². The average Bonchev–Trinajstić information content (AvgIpc) is 3.33. The first-order chi connectivity index (χ1) is 33.0. The van der Waals surface area contributed by atoms with E-state index in [0.29, 0.717) is 19.3 Å². The number of ether oxygens (including phenoxy) is 3. The summed E-state index contributed by atoms with van der Waals surface area (Å²) >= 11 is 0. The molecule has 0 spiro atoms. The summed E-state index contributed by atoms with van der Waals surface area (Å²) in [7, 11) is 0. The summed E-state index contributed by atoms with van der Waals surface area (Å²) in [5, 5.41) is 0. The van der Waals surface area contributed by atoms with E-state index in [4.69, 9.17) is 14.2 Å². The zero-order valence-electron chi connectivity index (χ0n) is 44.4. The van der Waals surface area contributed by atoms with Crippen LogP contribution in [0.15, 0.2) is 60.8 Å². The van der Waals surface area contributed by atoms with Gasteiger partial charge in [0.25, 0.3) is 0 Å². The second-order valence-corrected chi connectivity index (χ2v) is 19.2. The molecule has 1 unspecified atom stereocenters. The van der Waals surface area contributed by atoms with Crippen molar-refractivity contribution >= 4 is 17.9 Å². The summed E-state index contributed by atoms with van der Waals surface area (Å²) < 4.78 is 16.8. The first kappa shape index (κ1) is 64.1. The van der Waals surface area contributed by atoms with Crippen molar-refractivity contribution in [3.8, 4) is 0 Å². The molecule has 0 aromatic heterocycles. The first-order valence-corrected chi connectivity index (χ1v) is 28.8. The zero-order chi connectivity index (χ0) is 48.6. The monoisotopic (exact) mass is 937 g/mol. The highest BCUT2D eigenvalue weighted by Gasteiger charge is 2.19. The summed E-state index contributed by atoms with van der Waals surface area (Å²) in [4.78, 5) is 38.0. The highest BCUT2D eigenvalue weighted by molar-refractivity contribution is 5.71. The number of unbranched alkanes of at least 4 members (excludes halogenated alkanes) is 31. The van der Waals surface area contributed by atoms with Gasteiger partial charge in [-0.2, -0.15) is 0 Å². The Morgan fingerprint density at radius 1 is 0.299 bits per heavy atom. The van der Waals surface area contributed by atoms with Gasteiger partial charge in [-0.25, -0.2) is 0 Å². The van der Waals surface area contributed by atoms with E-state index in [2.05, 4.69) is 81.5 Å². The molecule has 67 heavy (non-hydrogen) atoms.